The van der Waals surface area contributed by atoms with E-state index in [9.17, 15) is 14.7 Å². The van der Waals surface area contributed by atoms with Gasteiger partial charge in [0.1, 0.15) is 17.3 Å². The summed E-state index contributed by atoms with van der Waals surface area (Å²) >= 11 is 0. The van der Waals surface area contributed by atoms with E-state index in [4.69, 9.17) is 4.74 Å². The first-order valence-corrected chi connectivity index (χ1v) is 13.9. The third-order valence-electron chi connectivity index (χ3n) is 7.26. The molecule has 5 rings (SSSR count). The Hall–Kier alpha value is -4.97. The van der Waals surface area contributed by atoms with Crippen LogP contribution in [-0.2, 0) is 24.9 Å². The molecule has 0 aliphatic heterocycles. The van der Waals surface area contributed by atoms with Crippen molar-refractivity contribution >= 4 is 27.9 Å². The minimum absolute atomic E-state index is 0.114. The molecule has 0 radical (unpaired) electrons. The minimum atomic E-state index is -0.680. The Labute approximate surface area is 253 Å². The number of anilines is 2. The second-order valence-electron chi connectivity index (χ2n) is 10.4. The first-order chi connectivity index (χ1) is 21.2. The Morgan fingerprint density at radius 2 is 1.93 bits per heavy atom. The van der Waals surface area contributed by atoms with Gasteiger partial charge in [-0.25, -0.2) is 9.37 Å². The Morgan fingerprint density at radius 1 is 1.11 bits per heavy atom. The average molecular weight is 597 g/mol. The number of ether oxygens (including phenoxy) is 1. The lowest BCUT2D eigenvalue weighted by Crippen LogP contribution is -2.23. The largest absolute Gasteiger partial charge is 0.392 e. The zero-order valence-corrected chi connectivity index (χ0v) is 24.7. The van der Waals surface area contributed by atoms with Crippen LogP contribution < -0.4 is 21.8 Å². The van der Waals surface area contributed by atoms with Gasteiger partial charge >= 0.3 is 0 Å². The van der Waals surface area contributed by atoms with Crippen LogP contribution in [0, 0.1) is 5.82 Å². The average Bonchev–Trinajstić information content (AvgIpc) is 3.01. The van der Waals surface area contributed by atoms with Gasteiger partial charge in [-0.1, -0.05) is 30.4 Å². The smallest absolute Gasteiger partial charge is 0.282 e. The van der Waals surface area contributed by atoms with Gasteiger partial charge < -0.3 is 25.0 Å². The van der Waals surface area contributed by atoms with Crippen LogP contribution in [0.15, 0.2) is 83.3 Å². The van der Waals surface area contributed by atoms with Gasteiger partial charge in [0.2, 0.25) is 0 Å². The number of fused-ring (bicyclic) bond motifs is 1. The summed E-state index contributed by atoms with van der Waals surface area (Å²) in [5.41, 5.74) is 3.40. The molecule has 0 bridgehead atoms. The fourth-order valence-electron chi connectivity index (χ4n) is 4.96. The summed E-state index contributed by atoms with van der Waals surface area (Å²) < 4.78 is 22.7. The molecular weight excluding hydrogens is 563 g/mol. The highest BCUT2D eigenvalue weighted by molar-refractivity contribution is 5.85. The minimum Gasteiger partial charge on any atom is -0.392 e. The Morgan fingerprint density at radius 3 is 2.64 bits per heavy atom. The molecule has 0 atom stereocenters. The molecule has 3 aromatic heterocycles. The van der Waals surface area contributed by atoms with Crippen molar-refractivity contribution in [3.8, 4) is 16.8 Å². The molecule has 44 heavy (non-hydrogen) atoms. The molecule has 0 saturated heterocycles. The van der Waals surface area contributed by atoms with E-state index in [0.717, 1.165) is 16.8 Å². The van der Waals surface area contributed by atoms with Crippen molar-refractivity contribution in [2.24, 2.45) is 7.05 Å². The van der Waals surface area contributed by atoms with E-state index in [2.05, 4.69) is 27.3 Å². The molecule has 5 aromatic rings. The molecule has 0 saturated carbocycles. The van der Waals surface area contributed by atoms with E-state index in [1.807, 2.05) is 6.07 Å². The van der Waals surface area contributed by atoms with Crippen molar-refractivity contribution in [1.29, 1.82) is 0 Å². The highest BCUT2D eigenvalue weighted by Crippen LogP contribution is 2.30. The number of hydrogen-bond acceptors (Lipinski definition) is 8. The lowest BCUT2D eigenvalue weighted by Gasteiger charge is -2.16. The summed E-state index contributed by atoms with van der Waals surface area (Å²) in [6.07, 6.45) is 4.78. The number of aromatic nitrogens is 4. The van der Waals surface area contributed by atoms with Gasteiger partial charge in [0.25, 0.3) is 11.1 Å². The number of pyridine rings is 2. The van der Waals surface area contributed by atoms with Crippen LogP contribution in [0.3, 0.4) is 0 Å². The fraction of sp³-hybridized carbons (Fsp3) is 0.212. The van der Waals surface area contributed by atoms with E-state index in [1.165, 1.54) is 16.8 Å². The summed E-state index contributed by atoms with van der Waals surface area (Å²) in [6, 6.07) is 13.4. The number of nitrogens with zero attached hydrogens (tertiary/aromatic N) is 4. The molecule has 0 aliphatic rings. The molecule has 11 heteroatoms. The fourth-order valence-corrected chi connectivity index (χ4v) is 4.96. The number of nitrogens with one attached hydrogen (secondary N) is 2. The second kappa shape index (κ2) is 13.1. The highest BCUT2D eigenvalue weighted by atomic mass is 19.1. The van der Waals surface area contributed by atoms with Crippen LogP contribution in [-0.4, -0.2) is 44.7 Å². The molecule has 0 spiro atoms. The third-order valence-corrected chi connectivity index (χ3v) is 7.26. The van der Waals surface area contributed by atoms with E-state index >= 15 is 4.39 Å². The van der Waals surface area contributed by atoms with Gasteiger partial charge in [-0.05, 0) is 53.9 Å². The van der Waals surface area contributed by atoms with Gasteiger partial charge in [0, 0.05) is 56.2 Å². The zero-order chi connectivity index (χ0) is 31.4. The number of allylic oxidation sites excluding steroid dienone is 1. The van der Waals surface area contributed by atoms with E-state index in [0.29, 0.717) is 57.9 Å². The molecule has 3 heterocycles. The van der Waals surface area contributed by atoms with Crippen LogP contribution in [0.5, 0.6) is 0 Å². The number of aryl methyl sites for hydroxylation is 1. The Balaban J connectivity index is 1.52. The maximum atomic E-state index is 15.1. The van der Waals surface area contributed by atoms with Crippen LogP contribution in [0.25, 0.3) is 33.2 Å². The summed E-state index contributed by atoms with van der Waals surface area (Å²) in [7, 11) is 3.27. The van der Waals surface area contributed by atoms with Crippen LogP contribution in [0.4, 0.5) is 15.9 Å². The summed E-state index contributed by atoms with van der Waals surface area (Å²) in [5, 5.41) is 21.4. The van der Waals surface area contributed by atoms with Gasteiger partial charge in [-0.3, -0.25) is 9.59 Å². The molecule has 10 nitrogen and oxygen atoms in total. The predicted octanol–water partition coefficient (Wildman–Crippen LogP) is 4.29. The van der Waals surface area contributed by atoms with Gasteiger partial charge in [-0.2, -0.15) is 9.78 Å². The predicted molar refractivity (Wildman–Crippen MR) is 170 cm³/mol. The first kappa shape index (κ1) is 30.5. The van der Waals surface area contributed by atoms with Crippen molar-refractivity contribution in [2.45, 2.75) is 20.1 Å². The topological polar surface area (TPSA) is 123 Å². The maximum absolute atomic E-state index is 15.1. The van der Waals surface area contributed by atoms with Crippen molar-refractivity contribution in [3.05, 3.63) is 117 Å². The van der Waals surface area contributed by atoms with Gasteiger partial charge in [0.15, 0.2) is 0 Å². The molecule has 0 unspecified atom stereocenters. The summed E-state index contributed by atoms with van der Waals surface area (Å²) in [6.45, 7) is 7.12. The number of benzene rings is 2. The number of aliphatic hydroxyl groups is 1. The van der Waals surface area contributed by atoms with E-state index < -0.39 is 18.0 Å². The Bertz CT molecular complexity index is 1970. The molecular formula is C33H33FN6O4. The number of methoxy groups -OCH3 is 1. The summed E-state index contributed by atoms with van der Waals surface area (Å²) in [5.74, 6) is -0.194. The molecule has 0 aliphatic carbocycles. The molecule has 2 aromatic carbocycles. The number of rotatable bonds is 11. The quantitative estimate of drug-likeness (QED) is 0.193. The van der Waals surface area contributed by atoms with Crippen molar-refractivity contribution in [1.82, 2.24) is 24.6 Å². The maximum Gasteiger partial charge on any atom is 0.282 e. The monoisotopic (exact) mass is 596 g/mol. The molecule has 226 valence electrons. The molecule has 0 fully saturated rings. The second-order valence-corrected chi connectivity index (χ2v) is 10.4. The number of halogens is 1. The lowest BCUT2D eigenvalue weighted by molar-refractivity contribution is 0.199. The third kappa shape index (κ3) is 6.20. The van der Waals surface area contributed by atoms with Crippen LogP contribution in [0.1, 0.15) is 23.6 Å². The van der Waals surface area contributed by atoms with E-state index in [-0.39, 0.29) is 16.6 Å². The SMILES string of the molecule is C=C(C)c1cc(F)c2c(=O)n(-c3cccc(-c4cc(Nc5ccc(CNCCOC)cn5)c(=O)n(C)c4)c3CO)ncc2c1. The number of hydrogen-bond donors (Lipinski definition) is 3. The first-order valence-electron chi connectivity index (χ1n) is 13.9. The summed E-state index contributed by atoms with van der Waals surface area (Å²) in [4.78, 5) is 31.0. The highest BCUT2D eigenvalue weighted by Gasteiger charge is 2.18. The van der Waals surface area contributed by atoms with Crippen LogP contribution in [0.2, 0.25) is 0 Å². The van der Waals surface area contributed by atoms with E-state index in [1.54, 1.807) is 69.9 Å². The molecule has 0 amide bonds. The molecule has 3 N–H and O–H groups in total. The van der Waals surface area contributed by atoms with Crippen molar-refractivity contribution in [2.75, 3.05) is 25.6 Å². The van der Waals surface area contributed by atoms with Crippen molar-refractivity contribution in [3.63, 3.8) is 0 Å². The van der Waals surface area contributed by atoms with Gasteiger partial charge in [0.05, 0.1) is 30.5 Å². The standard InChI is InChI=1S/C33H33FN6O4/c1-20(2)22-12-23-17-37-40(33(43)31(23)27(34)13-22)29-7-5-6-25(26(29)19-41)24-14-28(32(42)39(3)18-24)38-30-9-8-21(16-36-30)15-35-10-11-44-4/h5-9,12-14,16-18,35,41H,1,10-11,15,19H2,2-4H3,(H,36,38). The Kier molecular flexibility index (Phi) is 9.09. The number of aliphatic hydroxyl groups excluding tert-OH is 1. The van der Waals surface area contributed by atoms with Crippen LogP contribution >= 0.6 is 0 Å². The van der Waals surface area contributed by atoms with Crippen molar-refractivity contribution < 1.29 is 14.2 Å². The van der Waals surface area contributed by atoms with Gasteiger partial charge in [-0.15, -0.1) is 0 Å². The normalized spacial score (nSPS) is 11.2. The zero-order valence-electron chi connectivity index (χ0n) is 24.7. The lowest BCUT2D eigenvalue weighted by atomic mass is 9.99.